The van der Waals surface area contributed by atoms with Crippen LogP contribution in [0.4, 0.5) is 0 Å². The Labute approximate surface area is 153 Å². The maximum atomic E-state index is 12.4. The topological polar surface area (TPSA) is 79.5 Å². The highest BCUT2D eigenvalue weighted by Gasteiger charge is 2.24. The van der Waals surface area contributed by atoms with Crippen LogP contribution in [0, 0.1) is 5.41 Å². The quantitative estimate of drug-likeness (QED) is 0.608. The lowest BCUT2D eigenvalue weighted by Crippen LogP contribution is -2.32. The summed E-state index contributed by atoms with van der Waals surface area (Å²) >= 11 is 0. The number of esters is 1. The second kappa shape index (κ2) is 7.83. The van der Waals surface area contributed by atoms with Crippen molar-refractivity contribution in [3.8, 4) is 0 Å². The van der Waals surface area contributed by atoms with E-state index in [2.05, 4.69) is 9.72 Å². The zero-order valence-electron chi connectivity index (χ0n) is 16.0. The number of nitrogens with one attached hydrogen (secondary N) is 1. The van der Waals surface area contributed by atoms with Crippen LogP contribution in [0.3, 0.4) is 0 Å². The number of aromatic nitrogens is 1. The SMILES string of the molecule is COC(=O)CN(C)CC(=O)Cc1ccc2[nH]c(C(=O)C(C)(C)C)cc2c1. The highest BCUT2D eigenvalue weighted by Crippen LogP contribution is 2.24. The highest BCUT2D eigenvalue weighted by atomic mass is 16.5. The Hall–Kier alpha value is -2.47. The van der Waals surface area contributed by atoms with Crippen molar-refractivity contribution in [2.75, 3.05) is 27.2 Å². The van der Waals surface area contributed by atoms with E-state index in [0.717, 1.165) is 16.5 Å². The van der Waals surface area contributed by atoms with E-state index in [1.54, 1.807) is 11.9 Å². The Balaban J connectivity index is 2.08. The molecular formula is C20H26N2O4. The number of likely N-dealkylation sites (N-methyl/N-ethyl adjacent to an activating group) is 1. The molecule has 6 nitrogen and oxygen atoms in total. The minimum absolute atomic E-state index is 0.0114. The second-order valence-electron chi connectivity index (χ2n) is 7.65. The van der Waals surface area contributed by atoms with Crippen LogP contribution >= 0.6 is 0 Å². The molecule has 0 amide bonds. The van der Waals surface area contributed by atoms with Gasteiger partial charge in [-0.2, -0.15) is 0 Å². The standard InChI is InChI=1S/C20H26N2O4/c1-20(2,3)19(25)17-10-14-8-13(6-7-16(14)21-17)9-15(23)11-22(4)12-18(24)26-5/h6-8,10,21H,9,11-12H2,1-5H3. The van der Waals surface area contributed by atoms with Crippen molar-refractivity contribution < 1.29 is 19.1 Å². The van der Waals surface area contributed by atoms with Gasteiger partial charge in [0.05, 0.1) is 25.9 Å². The molecule has 0 saturated heterocycles. The molecule has 1 heterocycles. The lowest BCUT2D eigenvalue weighted by Gasteiger charge is -2.14. The predicted octanol–water partition coefficient (Wildman–Crippen LogP) is 2.61. The number of Topliss-reactive ketones (excluding diaryl/α,β-unsaturated/α-hetero) is 2. The monoisotopic (exact) mass is 358 g/mol. The molecule has 0 aliphatic rings. The molecule has 2 rings (SSSR count). The third kappa shape index (κ3) is 5.02. The molecule has 0 unspecified atom stereocenters. The fourth-order valence-corrected chi connectivity index (χ4v) is 2.74. The summed E-state index contributed by atoms with van der Waals surface area (Å²) in [4.78, 5) is 40.6. The lowest BCUT2D eigenvalue weighted by atomic mass is 9.89. The Kier molecular flexibility index (Phi) is 5.97. The van der Waals surface area contributed by atoms with Crippen LogP contribution < -0.4 is 0 Å². The Morgan fingerprint density at radius 2 is 1.81 bits per heavy atom. The van der Waals surface area contributed by atoms with Crippen LogP contribution in [0.25, 0.3) is 10.9 Å². The van der Waals surface area contributed by atoms with Gasteiger partial charge >= 0.3 is 5.97 Å². The van der Waals surface area contributed by atoms with Crippen molar-refractivity contribution in [1.82, 2.24) is 9.88 Å². The molecule has 1 aromatic heterocycles. The van der Waals surface area contributed by atoms with Crippen LogP contribution in [-0.2, 0) is 20.7 Å². The van der Waals surface area contributed by atoms with Crippen molar-refractivity contribution in [2.45, 2.75) is 27.2 Å². The van der Waals surface area contributed by atoms with E-state index in [9.17, 15) is 14.4 Å². The molecule has 0 aliphatic heterocycles. The van der Waals surface area contributed by atoms with E-state index in [0.29, 0.717) is 5.69 Å². The fourth-order valence-electron chi connectivity index (χ4n) is 2.74. The van der Waals surface area contributed by atoms with Gasteiger partial charge in [-0.15, -0.1) is 0 Å². The van der Waals surface area contributed by atoms with Crippen LogP contribution in [0.15, 0.2) is 24.3 Å². The first kappa shape index (κ1) is 19.8. The molecule has 1 aromatic carbocycles. The fraction of sp³-hybridized carbons (Fsp3) is 0.450. The molecule has 26 heavy (non-hydrogen) atoms. The molecule has 0 radical (unpaired) electrons. The normalized spacial score (nSPS) is 11.8. The summed E-state index contributed by atoms with van der Waals surface area (Å²) in [5.74, 6) is -0.307. The largest absolute Gasteiger partial charge is 0.468 e. The van der Waals surface area contributed by atoms with Crippen LogP contribution in [0.5, 0.6) is 0 Å². The molecule has 0 atom stereocenters. The summed E-state index contributed by atoms with van der Waals surface area (Å²) < 4.78 is 4.59. The van der Waals surface area contributed by atoms with Gasteiger partial charge in [-0.3, -0.25) is 19.3 Å². The van der Waals surface area contributed by atoms with Crippen molar-refractivity contribution in [3.05, 3.63) is 35.5 Å². The third-order valence-electron chi connectivity index (χ3n) is 4.09. The van der Waals surface area contributed by atoms with Crippen LogP contribution in [0.1, 0.15) is 36.8 Å². The number of fused-ring (bicyclic) bond motifs is 1. The Bertz CT molecular complexity index is 830. The number of ether oxygens (including phenoxy) is 1. The number of nitrogens with zero attached hydrogens (tertiary/aromatic N) is 1. The number of hydrogen-bond acceptors (Lipinski definition) is 5. The molecule has 0 aliphatic carbocycles. The van der Waals surface area contributed by atoms with E-state index in [-0.39, 0.29) is 37.0 Å². The van der Waals surface area contributed by atoms with E-state index in [4.69, 9.17) is 0 Å². The van der Waals surface area contributed by atoms with E-state index < -0.39 is 5.41 Å². The van der Waals surface area contributed by atoms with Gasteiger partial charge < -0.3 is 9.72 Å². The van der Waals surface area contributed by atoms with Crippen molar-refractivity contribution in [1.29, 1.82) is 0 Å². The van der Waals surface area contributed by atoms with Crippen molar-refractivity contribution >= 4 is 28.4 Å². The van der Waals surface area contributed by atoms with Gasteiger partial charge in [0.15, 0.2) is 11.6 Å². The molecule has 2 aromatic rings. The maximum Gasteiger partial charge on any atom is 0.319 e. The highest BCUT2D eigenvalue weighted by molar-refractivity contribution is 6.02. The van der Waals surface area contributed by atoms with Gasteiger partial charge in [0, 0.05) is 22.7 Å². The number of rotatable bonds is 7. The number of hydrogen-bond donors (Lipinski definition) is 1. The molecular weight excluding hydrogens is 332 g/mol. The summed E-state index contributed by atoms with van der Waals surface area (Å²) in [6, 6.07) is 7.52. The Morgan fingerprint density at radius 3 is 2.42 bits per heavy atom. The molecule has 0 fully saturated rings. The summed E-state index contributed by atoms with van der Waals surface area (Å²) in [5, 5.41) is 0.908. The number of aromatic amines is 1. The Morgan fingerprint density at radius 1 is 1.12 bits per heavy atom. The average molecular weight is 358 g/mol. The maximum absolute atomic E-state index is 12.4. The summed E-state index contributed by atoms with van der Waals surface area (Å²) in [6.07, 6.45) is 0.273. The van der Waals surface area contributed by atoms with Gasteiger partial charge in [-0.05, 0) is 30.8 Å². The predicted molar refractivity (Wildman–Crippen MR) is 100 cm³/mol. The number of ketones is 2. The third-order valence-corrected chi connectivity index (χ3v) is 4.09. The van der Waals surface area contributed by atoms with Gasteiger partial charge in [-0.1, -0.05) is 26.8 Å². The van der Waals surface area contributed by atoms with Crippen molar-refractivity contribution in [2.24, 2.45) is 5.41 Å². The first-order valence-electron chi connectivity index (χ1n) is 8.53. The van der Waals surface area contributed by atoms with Gasteiger partial charge in [-0.25, -0.2) is 0 Å². The molecule has 6 heteroatoms. The molecule has 0 saturated carbocycles. The number of methoxy groups -OCH3 is 1. The van der Waals surface area contributed by atoms with Crippen LogP contribution in [-0.4, -0.2) is 54.7 Å². The number of benzene rings is 1. The number of H-pyrrole nitrogens is 1. The van der Waals surface area contributed by atoms with E-state index in [1.807, 2.05) is 45.0 Å². The summed E-state index contributed by atoms with van der Waals surface area (Å²) in [5.41, 5.74) is 1.87. The molecule has 140 valence electrons. The van der Waals surface area contributed by atoms with Gasteiger partial charge in [0.2, 0.25) is 0 Å². The van der Waals surface area contributed by atoms with Crippen molar-refractivity contribution in [3.63, 3.8) is 0 Å². The molecule has 0 spiro atoms. The number of carbonyl (C=O) groups is 3. The zero-order chi connectivity index (χ0) is 19.5. The molecule has 1 N–H and O–H groups in total. The van der Waals surface area contributed by atoms with E-state index >= 15 is 0 Å². The average Bonchev–Trinajstić information content (AvgIpc) is 2.95. The summed E-state index contributed by atoms with van der Waals surface area (Å²) in [6.45, 7) is 5.91. The smallest absolute Gasteiger partial charge is 0.319 e. The second-order valence-corrected chi connectivity index (χ2v) is 7.65. The lowest BCUT2D eigenvalue weighted by molar-refractivity contribution is -0.141. The summed E-state index contributed by atoms with van der Waals surface area (Å²) in [7, 11) is 3.03. The molecule has 0 bridgehead atoms. The first-order valence-corrected chi connectivity index (χ1v) is 8.53. The zero-order valence-corrected chi connectivity index (χ0v) is 16.0. The van der Waals surface area contributed by atoms with Gasteiger partial charge in [0.25, 0.3) is 0 Å². The van der Waals surface area contributed by atoms with E-state index in [1.165, 1.54) is 7.11 Å². The minimum atomic E-state index is -0.454. The first-order chi connectivity index (χ1) is 12.1. The van der Waals surface area contributed by atoms with Gasteiger partial charge in [0.1, 0.15) is 0 Å². The van der Waals surface area contributed by atoms with Crippen LogP contribution in [0.2, 0.25) is 0 Å². The number of carbonyl (C=O) groups excluding carboxylic acids is 3. The minimum Gasteiger partial charge on any atom is -0.468 e.